The molecule has 0 atom stereocenters. The first-order valence-corrected chi connectivity index (χ1v) is 10.9. The fraction of sp³-hybridized carbons (Fsp3) is 0.476. The highest BCUT2D eigenvalue weighted by atomic mass is 32.1. The summed E-state index contributed by atoms with van der Waals surface area (Å²) in [6, 6.07) is 8.34. The number of benzene rings is 1. The van der Waals surface area contributed by atoms with Gasteiger partial charge in [-0.2, -0.15) is 0 Å². The van der Waals surface area contributed by atoms with Gasteiger partial charge < -0.3 is 15.1 Å². The zero-order chi connectivity index (χ0) is 19.3. The van der Waals surface area contributed by atoms with Crippen molar-refractivity contribution in [2.24, 2.45) is 5.92 Å². The first-order chi connectivity index (χ1) is 13.7. The van der Waals surface area contributed by atoms with Crippen LogP contribution in [-0.4, -0.2) is 52.9 Å². The Hall–Kier alpha value is -2.41. The van der Waals surface area contributed by atoms with Crippen molar-refractivity contribution in [1.29, 1.82) is 0 Å². The highest BCUT2D eigenvalue weighted by Gasteiger charge is 2.31. The van der Waals surface area contributed by atoms with Gasteiger partial charge in [0.15, 0.2) is 0 Å². The van der Waals surface area contributed by atoms with Crippen LogP contribution in [0.15, 0.2) is 35.8 Å². The topological polar surface area (TPSA) is 65.5 Å². The van der Waals surface area contributed by atoms with Crippen molar-refractivity contribution >= 4 is 23.3 Å². The van der Waals surface area contributed by atoms with Crippen LogP contribution >= 0.6 is 11.3 Å². The van der Waals surface area contributed by atoms with Crippen molar-refractivity contribution < 1.29 is 9.59 Å². The quantitative estimate of drug-likeness (QED) is 0.861. The summed E-state index contributed by atoms with van der Waals surface area (Å²) in [5.41, 5.74) is 2.62. The Morgan fingerprint density at radius 1 is 1.11 bits per heavy atom. The van der Waals surface area contributed by atoms with Crippen LogP contribution in [0.1, 0.15) is 29.0 Å². The van der Waals surface area contributed by atoms with Crippen molar-refractivity contribution in [1.82, 2.24) is 20.1 Å². The fourth-order valence-corrected chi connectivity index (χ4v) is 4.66. The monoisotopic (exact) mass is 398 g/mol. The summed E-state index contributed by atoms with van der Waals surface area (Å²) in [6.45, 7) is 3.39. The summed E-state index contributed by atoms with van der Waals surface area (Å²) < 4.78 is 0. The molecule has 2 aromatic rings. The van der Waals surface area contributed by atoms with Gasteiger partial charge >= 0.3 is 6.03 Å². The van der Waals surface area contributed by atoms with Gasteiger partial charge in [-0.25, -0.2) is 9.78 Å². The maximum absolute atomic E-state index is 12.9. The molecule has 28 heavy (non-hydrogen) atoms. The SMILES string of the molecule is O=C(NCCc1nccs1)N1CCC(C(=O)N2CCc3ccccc3C2)CC1. The van der Waals surface area contributed by atoms with Gasteiger partial charge in [-0.15, -0.1) is 11.3 Å². The van der Waals surface area contributed by atoms with E-state index in [0.717, 1.165) is 37.2 Å². The molecule has 1 aromatic heterocycles. The molecule has 0 saturated carbocycles. The van der Waals surface area contributed by atoms with Crippen molar-refractivity contribution in [3.8, 4) is 0 Å². The first-order valence-electron chi connectivity index (χ1n) is 9.97. The Bertz CT molecular complexity index is 816. The average molecular weight is 399 g/mol. The lowest BCUT2D eigenvalue weighted by molar-refractivity contribution is -0.137. The summed E-state index contributed by atoms with van der Waals surface area (Å²) in [5, 5.41) is 5.95. The predicted octanol–water partition coefficient (Wildman–Crippen LogP) is 2.69. The molecule has 0 bridgehead atoms. The number of rotatable bonds is 4. The van der Waals surface area contributed by atoms with E-state index in [0.29, 0.717) is 26.2 Å². The molecule has 1 saturated heterocycles. The molecule has 1 fully saturated rings. The Morgan fingerprint density at radius 2 is 1.89 bits per heavy atom. The standard InChI is InChI=1S/C21H26N4O2S/c26-20(25-13-6-16-3-1-2-4-18(16)15-25)17-7-11-24(12-8-17)21(27)23-9-5-19-22-10-14-28-19/h1-4,10,14,17H,5-9,11-13,15H2,(H,23,27). The minimum absolute atomic E-state index is 0.0321. The molecule has 3 heterocycles. The van der Waals surface area contributed by atoms with Crippen LogP contribution in [0.25, 0.3) is 0 Å². The molecule has 3 amide bonds. The van der Waals surface area contributed by atoms with Crippen molar-refractivity contribution in [3.05, 3.63) is 52.0 Å². The van der Waals surface area contributed by atoms with Gasteiger partial charge in [0.05, 0.1) is 5.01 Å². The normalized spacial score (nSPS) is 17.3. The van der Waals surface area contributed by atoms with E-state index in [1.54, 1.807) is 17.5 Å². The van der Waals surface area contributed by atoms with Crippen molar-refractivity contribution in [2.45, 2.75) is 32.2 Å². The Labute approximate surface area is 169 Å². The molecule has 0 aliphatic carbocycles. The largest absolute Gasteiger partial charge is 0.338 e. The summed E-state index contributed by atoms with van der Waals surface area (Å²) in [5.74, 6) is 0.281. The maximum atomic E-state index is 12.9. The number of fused-ring (bicyclic) bond motifs is 1. The number of urea groups is 1. The lowest BCUT2D eigenvalue weighted by atomic mass is 9.93. The van der Waals surface area contributed by atoms with Gasteiger partial charge in [-0.3, -0.25) is 4.79 Å². The zero-order valence-corrected chi connectivity index (χ0v) is 16.8. The number of likely N-dealkylation sites (tertiary alicyclic amines) is 1. The van der Waals surface area contributed by atoms with E-state index in [1.165, 1.54) is 11.1 Å². The molecule has 1 N–H and O–H groups in total. The molecular weight excluding hydrogens is 372 g/mol. The summed E-state index contributed by atoms with van der Waals surface area (Å²) in [4.78, 5) is 33.3. The second-order valence-corrected chi connectivity index (χ2v) is 8.43. The van der Waals surface area contributed by atoms with Gasteiger partial charge in [-0.1, -0.05) is 24.3 Å². The molecule has 7 heteroatoms. The van der Waals surface area contributed by atoms with Gasteiger partial charge in [-0.05, 0) is 30.4 Å². The van der Waals surface area contributed by atoms with Crippen LogP contribution in [0.5, 0.6) is 0 Å². The second kappa shape index (κ2) is 8.73. The van der Waals surface area contributed by atoms with Crippen LogP contribution in [0.3, 0.4) is 0 Å². The molecule has 4 rings (SSSR count). The molecule has 0 unspecified atom stereocenters. The molecule has 2 aliphatic rings. The van der Waals surface area contributed by atoms with Crippen LogP contribution in [0.2, 0.25) is 0 Å². The third-order valence-corrected chi connectivity index (χ3v) is 6.51. The molecule has 2 aliphatic heterocycles. The number of hydrogen-bond donors (Lipinski definition) is 1. The van der Waals surface area contributed by atoms with Crippen molar-refractivity contribution in [2.75, 3.05) is 26.2 Å². The summed E-state index contributed by atoms with van der Waals surface area (Å²) in [6.07, 6.45) is 4.97. The number of nitrogens with one attached hydrogen (secondary N) is 1. The Kier molecular flexibility index (Phi) is 5.90. The number of amides is 3. The number of nitrogens with zero attached hydrogens (tertiary/aromatic N) is 3. The Balaban J connectivity index is 1.22. The second-order valence-electron chi connectivity index (χ2n) is 7.45. The molecule has 0 radical (unpaired) electrons. The van der Waals surface area contributed by atoms with E-state index >= 15 is 0 Å². The molecular formula is C21H26N4O2S. The molecule has 6 nitrogen and oxygen atoms in total. The van der Waals surface area contributed by atoms with E-state index in [2.05, 4.69) is 28.5 Å². The fourth-order valence-electron chi connectivity index (χ4n) is 4.04. The summed E-state index contributed by atoms with van der Waals surface area (Å²) in [7, 11) is 0. The van der Waals surface area contributed by atoms with E-state index in [1.807, 2.05) is 21.2 Å². The average Bonchev–Trinajstić information content (AvgIpc) is 3.26. The van der Waals surface area contributed by atoms with Gasteiger partial charge in [0.2, 0.25) is 5.91 Å². The minimum atomic E-state index is -0.0330. The molecule has 1 aromatic carbocycles. The smallest absolute Gasteiger partial charge is 0.317 e. The first kappa shape index (κ1) is 18.9. The Morgan fingerprint density at radius 3 is 2.64 bits per heavy atom. The molecule has 0 spiro atoms. The minimum Gasteiger partial charge on any atom is -0.338 e. The van der Waals surface area contributed by atoms with Gasteiger partial charge in [0.25, 0.3) is 0 Å². The van der Waals surface area contributed by atoms with Crippen molar-refractivity contribution in [3.63, 3.8) is 0 Å². The number of thiazole rings is 1. The number of carbonyl (C=O) groups excluding carboxylic acids is 2. The third-order valence-electron chi connectivity index (χ3n) is 5.67. The van der Waals surface area contributed by atoms with E-state index in [9.17, 15) is 9.59 Å². The lowest BCUT2D eigenvalue weighted by Gasteiger charge is -2.36. The number of carbonyl (C=O) groups is 2. The highest BCUT2D eigenvalue weighted by Crippen LogP contribution is 2.24. The van der Waals surface area contributed by atoms with E-state index in [4.69, 9.17) is 0 Å². The van der Waals surface area contributed by atoms with Gasteiger partial charge in [0, 0.05) is 56.6 Å². The van der Waals surface area contributed by atoms with Crippen LogP contribution in [0.4, 0.5) is 4.79 Å². The maximum Gasteiger partial charge on any atom is 0.317 e. The predicted molar refractivity (Wildman–Crippen MR) is 109 cm³/mol. The number of piperidine rings is 1. The van der Waals surface area contributed by atoms with E-state index < -0.39 is 0 Å². The van der Waals surface area contributed by atoms with Crippen LogP contribution in [-0.2, 0) is 24.2 Å². The third kappa shape index (κ3) is 4.35. The van der Waals surface area contributed by atoms with Crippen LogP contribution < -0.4 is 5.32 Å². The lowest BCUT2D eigenvalue weighted by Crippen LogP contribution is -2.48. The highest BCUT2D eigenvalue weighted by molar-refractivity contribution is 7.09. The number of aromatic nitrogens is 1. The zero-order valence-electron chi connectivity index (χ0n) is 16.0. The van der Waals surface area contributed by atoms with Crippen LogP contribution in [0, 0.1) is 5.92 Å². The molecule has 148 valence electrons. The van der Waals surface area contributed by atoms with Gasteiger partial charge in [0.1, 0.15) is 0 Å². The number of hydrogen-bond acceptors (Lipinski definition) is 4. The van der Waals surface area contributed by atoms with E-state index in [-0.39, 0.29) is 17.9 Å². The summed E-state index contributed by atoms with van der Waals surface area (Å²) >= 11 is 1.60.